The molecule has 152 valence electrons. The lowest BCUT2D eigenvalue weighted by molar-refractivity contribution is 0.0987. The number of amides is 2. The number of hydrogen-bond donors (Lipinski definition) is 1. The average molecular weight is 404 g/mol. The molecule has 0 fully saturated rings. The first-order valence-electron chi connectivity index (χ1n) is 9.63. The number of hydrogen-bond acceptors (Lipinski definition) is 3. The summed E-state index contributed by atoms with van der Waals surface area (Å²) in [5.41, 5.74) is 4.09. The van der Waals surface area contributed by atoms with Gasteiger partial charge in [0.25, 0.3) is 11.8 Å². The molecule has 1 N–H and O–H groups in total. The van der Waals surface area contributed by atoms with E-state index < -0.39 is 0 Å². The largest absolute Gasteiger partial charge is 0.497 e. The first-order chi connectivity index (χ1) is 14.5. The number of carbonyl (C=O) groups excluding carboxylic acids is 2. The van der Waals surface area contributed by atoms with Gasteiger partial charge in [-0.1, -0.05) is 6.07 Å². The summed E-state index contributed by atoms with van der Waals surface area (Å²) in [6, 6.07) is 16.3. The molecule has 2 amide bonds. The second-order valence-electron chi connectivity index (χ2n) is 7.15. The van der Waals surface area contributed by atoms with Crippen molar-refractivity contribution in [1.82, 2.24) is 0 Å². The molecule has 5 nitrogen and oxygen atoms in total. The number of ether oxygens (including phenoxy) is 1. The molecule has 4 rings (SSSR count). The molecule has 1 aliphatic rings. The summed E-state index contributed by atoms with van der Waals surface area (Å²) in [4.78, 5) is 27.5. The number of anilines is 2. The lowest BCUT2D eigenvalue weighted by Crippen LogP contribution is -2.28. The van der Waals surface area contributed by atoms with E-state index in [2.05, 4.69) is 5.32 Å². The summed E-state index contributed by atoms with van der Waals surface area (Å²) in [6.45, 7) is 2.37. The molecule has 0 radical (unpaired) electrons. The Morgan fingerprint density at radius 1 is 1.07 bits per heavy atom. The van der Waals surface area contributed by atoms with Crippen LogP contribution in [0, 0.1) is 12.7 Å². The van der Waals surface area contributed by atoms with Crippen molar-refractivity contribution in [3.05, 3.63) is 88.7 Å². The van der Waals surface area contributed by atoms with Crippen LogP contribution in [0.4, 0.5) is 15.8 Å². The Kier molecular flexibility index (Phi) is 5.23. The van der Waals surface area contributed by atoms with Crippen LogP contribution in [0.2, 0.25) is 0 Å². The maximum atomic E-state index is 13.2. The van der Waals surface area contributed by atoms with Gasteiger partial charge in [0, 0.05) is 29.0 Å². The number of rotatable bonds is 4. The molecule has 3 aromatic rings. The second-order valence-corrected chi connectivity index (χ2v) is 7.15. The number of nitrogens with zero attached hydrogens (tertiary/aromatic N) is 1. The maximum absolute atomic E-state index is 13.2. The highest BCUT2D eigenvalue weighted by atomic mass is 19.1. The van der Waals surface area contributed by atoms with E-state index in [-0.39, 0.29) is 17.6 Å². The fourth-order valence-electron chi connectivity index (χ4n) is 3.70. The zero-order valence-corrected chi connectivity index (χ0v) is 16.7. The van der Waals surface area contributed by atoms with Gasteiger partial charge in [0.05, 0.1) is 7.11 Å². The molecule has 0 saturated carbocycles. The number of methoxy groups -OCH3 is 1. The average Bonchev–Trinajstić information content (AvgIpc) is 3.19. The lowest BCUT2D eigenvalue weighted by atomic mass is 10.0. The zero-order chi connectivity index (χ0) is 21.3. The molecule has 0 atom stereocenters. The van der Waals surface area contributed by atoms with Crippen molar-refractivity contribution in [2.45, 2.75) is 13.3 Å². The van der Waals surface area contributed by atoms with Crippen molar-refractivity contribution in [2.24, 2.45) is 0 Å². The molecule has 0 saturated heterocycles. The molecule has 30 heavy (non-hydrogen) atoms. The molecular weight excluding hydrogens is 383 g/mol. The number of nitrogens with one attached hydrogen (secondary N) is 1. The van der Waals surface area contributed by atoms with Crippen LogP contribution in [0.3, 0.4) is 0 Å². The molecule has 3 aromatic carbocycles. The summed E-state index contributed by atoms with van der Waals surface area (Å²) >= 11 is 0. The monoisotopic (exact) mass is 404 g/mol. The third-order valence-corrected chi connectivity index (χ3v) is 5.29. The Balaban J connectivity index is 1.59. The minimum absolute atomic E-state index is 0.211. The Labute approximate surface area is 174 Å². The first-order valence-corrected chi connectivity index (χ1v) is 9.63. The summed E-state index contributed by atoms with van der Waals surface area (Å²) in [5.74, 6) is -0.101. The number of carbonyl (C=O) groups is 2. The van der Waals surface area contributed by atoms with E-state index in [4.69, 9.17) is 4.74 Å². The zero-order valence-electron chi connectivity index (χ0n) is 16.7. The molecule has 0 aromatic heterocycles. The van der Waals surface area contributed by atoms with Gasteiger partial charge >= 0.3 is 0 Å². The van der Waals surface area contributed by atoms with Gasteiger partial charge in [-0.25, -0.2) is 4.39 Å². The topological polar surface area (TPSA) is 58.6 Å². The van der Waals surface area contributed by atoms with Crippen LogP contribution in [-0.2, 0) is 6.42 Å². The van der Waals surface area contributed by atoms with Crippen LogP contribution in [0.15, 0.2) is 60.7 Å². The minimum Gasteiger partial charge on any atom is -0.497 e. The van der Waals surface area contributed by atoms with Crippen molar-refractivity contribution < 1.29 is 18.7 Å². The molecule has 0 spiro atoms. The predicted octanol–water partition coefficient (Wildman–Crippen LogP) is 4.60. The molecule has 1 heterocycles. The number of benzene rings is 3. The molecule has 6 heteroatoms. The van der Waals surface area contributed by atoms with Gasteiger partial charge in [-0.05, 0) is 79.1 Å². The van der Waals surface area contributed by atoms with Crippen LogP contribution in [-0.4, -0.2) is 25.5 Å². The van der Waals surface area contributed by atoms with Crippen molar-refractivity contribution in [2.75, 3.05) is 23.9 Å². The van der Waals surface area contributed by atoms with Crippen LogP contribution < -0.4 is 15.0 Å². The molecule has 1 aliphatic heterocycles. The van der Waals surface area contributed by atoms with E-state index in [1.807, 2.05) is 19.1 Å². The third-order valence-electron chi connectivity index (χ3n) is 5.29. The standard InChI is InChI=1S/C24H21FN2O3/c1-15-14-18(30-2)10-11-21(15)26-23(28)20-4-3-5-22-19(20)12-13-27(22)24(29)16-6-8-17(25)9-7-16/h3-11,14H,12-13H2,1-2H3,(H,26,28). The van der Waals surface area contributed by atoms with E-state index in [0.29, 0.717) is 35.5 Å². The predicted molar refractivity (Wildman–Crippen MR) is 114 cm³/mol. The Hall–Kier alpha value is -3.67. The smallest absolute Gasteiger partial charge is 0.258 e. The summed E-state index contributed by atoms with van der Waals surface area (Å²) in [5, 5.41) is 2.95. The van der Waals surface area contributed by atoms with E-state index in [0.717, 1.165) is 16.9 Å². The fraction of sp³-hybridized carbons (Fsp3) is 0.167. The number of fused-ring (bicyclic) bond motifs is 1. The number of aryl methyl sites for hydroxylation is 1. The summed E-state index contributed by atoms with van der Waals surface area (Å²) in [6.07, 6.45) is 0.577. The van der Waals surface area contributed by atoms with Gasteiger partial charge in [0.2, 0.25) is 0 Å². The maximum Gasteiger partial charge on any atom is 0.258 e. The van der Waals surface area contributed by atoms with E-state index in [9.17, 15) is 14.0 Å². The Morgan fingerprint density at radius 2 is 1.83 bits per heavy atom. The normalized spacial score (nSPS) is 12.4. The highest BCUT2D eigenvalue weighted by molar-refractivity contribution is 6.11. The van der Waals surface area contributed by atoms with E-state index in [1.165, 1.54) is 24.3 Å². The Morgan fingerprint density at radius 3 is 2.53 bits per heavy atom. The quantitative estimate of drug-likeness (QED) is 0.692. The van der Waals surface area contributed by atoms with Crippen LogP contribution >= 0.6 is 0 Å². The summed E-state index contributed by atoms with van der Waals surface area (Å²) < 4.78 is 18.4. The fourth-order valence-corrected chi connectivity index (χ4v) is 3.70. The van der Waals surface area contributed by atoms with Gasteiger partial charge in [0.15, 0.2) is 0 Å². The number of halogens is 1. The van der Waals surface area contributed by atoms with Gasteiger partial charge < -0.3 is 15.0 Å². The lowest BCUT2D eigenvalue weighted by Gasteiger charge is -2.18. The van der Waals surface area contributed by atoms with E-state index in [1.54, 1.807) is 36.3 Å². The highest BCUT2D eigenvalue weighted by Gasteiger charge is 2.29. The third kappa shape index (κ3) is 3.64. The highest BCUT2D eigenvalue weighted by Crippen LogP contribution is 2.32. The van der Waals surface area contributed by atoms with Crippen LogP contribution in [0.25, 0.3) is 0 Å². The van der Waals surface area contributed by atoms with Crippen molar-refractivity contribution in [3.8, 4) is 5.75 Å². The molecular formula is C24H21FN2O3. The SMILES string of the molecule is COc1ccc(NC(=O)c2cccc3c2CCN3C(=O)c2ccc(F)cc2)c(C)c1. The molecule has 0 unspecified atom stereocenters. The van der Waals surface area contributed by atoms with Crippen molar-refractivity contribution >= 4 is 23.2 Å². The molecule has 0 aliphatic carbocycles. The molecule has 0 bridgehead atoms. The van der Waals surface area contributed by atoms with Crippen LogP contribution in [0.5, 0.6) is 5.75 Å². The van der Waals surface area contributed by atoms with Gasteiger partial charge in [-0.2, -0.15) is 0 Å². The Bertz CT molecular complexity index is 1130. The van der Waals surface area contributed by atoms with Crippen molar-refractivity contribution in [1.29, 1.82) is 0 Å². The second kappa shape index (κ2) is 7.99. The van der Waals surface area contributed by atoms with E-state index >= 15 is 0 Å². The first kappa shape index (κ1) is 19.6. The summed E-state index contributed by atoms with van der Waals surface area (Å²) in [7, 11) is 1.60. The van der Waals surface area contributed by atoms with Gasteiger partial charge in [0.1, 0.15) is 11.6 Å². The minimum atomic E-state index is -0.388. The van der Waals surface area contributed by atoms with Gasteiger partial charge in [-0.3, -0.25) is 9.59 Å². The van der Waals surface area contributed by atoms with Crippen LogP contribution in [0.1, 0.15) is 31.8 Å². The van der Waals surface area contributed by atoms with Crippen molar-refractivity contribution in [3.63, 3.8) is 0 Å². The van der Waals surface area contributed by atoms with Gasteiger partial charge in [-0.15, -0.1) is 0 Å².